The number of allylic oxidation sites excluding steroid dienone is 2. The summed E-state index contributed by atoms with van der Waals surface area (Å²) in [5, 5.41) is 6.71. The summed E-state index contributed by atoms with van der Waals surface area (Å²) in [7, 11) is -1.29. The molecule has 0 bridgehead atoms. The first-order valence-electron chi connectivity index (χ1n) is 10.0. The molecule has 0 radical (unpaired) electrons. The fourth-order valence-corrected chi connectivity index (χ4v) is 8.19. The highest BCUT2D eigenvalue weighted by Crippen LogP contribution is 2.48. The molecule has 0 aliphatic carbocycles. The van der Waals surface area contributed by atoms with Crippen molar-refractivity contribution in [3.63, 3.8) is 0 Å². The van der Waals surface area contributed by atoms with Crippen molar-refractivity contribution in [1.82, 2.24) is 0 Å². The van der Waals surface area contributed by atoms with Gasteiger partial charge in [-0.25, -0.2) is 0 Å². The van der Waals surface area contributed by atoms with E-state index in [2.05, 4.69) is 140 Å². The molecule has 0 nitrogen and oxygen atoms in total. The van der Waals surface area contributed by atoms with Crippen LogP contribution in [0.3, 0.4) is 0 Å². The van der Waals surface area contributed by atoms with Crippen LogP contribution in [0.25, 0.3) is 0 Å². The Hall–Kier alpha value is -2.78. The van der Waals surface area contributed by atoms with E-state index in [-0.39, 0.29) is 0 Å². The van der Waals surface area contributed by atoms with E-state index in [0.29, 0.717) is 0 Å². The lowest BCUT2D eigenvalue weighted by Crippen LogP contribution is -2.14. The molecule has 0 spiro atoms. The summed E-state index contributed by atoms with van der Waals surface area (Å²) >= 11 is 0. The SMILES string of the molecule is C=CC(=CP(c1ccccc1)c1ccccc1)P(c1ccccc1)c1ccccc1. The molecule has 0 N–H and O–H groups in total. The van der Waals surface area contributed by atoms with Crippen LogP contribution in [0.1, 0.15) is 0 Å². The van der Waals surface area contributed by atoms with Gasteiger partial charge in [-0.2, -0.15) is 0 Å². The second kappa shape index (κ2) is 10.3. The molecular weight excluding hydrogens is 398 g/mol. The van der Waals surface area contributed by atoms with Gasteiger partial charge in [-0.1, -0.05) is 134 Å². The third-order valence-corrected chi connectivity index (χ3v) is 9.73. The third-order valence-electron chi connectivity index (χ3n) is 4.83. The fraction of sp³-hybridized carbons (Fsp3) is 0. The Bertz CT molecular complexity index is 1010. The zero-order valence-corrected chi connectivity index (χ0v) is 18.6. The molecule has 0 amide bonds. The van der Waals surface area contributed by atoms with Crippen LogP contribution in [0.2, 0.25) is 0 Å². The van der Waals surface area contributed by atoms with E-state index in [4.69, 9.17) is 0 Å². The zero-order chi connectivity index (χ0) is 20.6. The number of hydrogen-bond donors (Lipinski definition) is 0. The normalized spacial score (nSPS) is 11.6. The maximum atomic E-state index is 4.23. The fourth-order valence-electron chi connectivity index (χ4n) is 3.41. The van der Waals surface area contributed by atoms with Gasteiger partial charge in [-0.15, -0.1) is 0 Å². The quantitative estimate of drug-likeness (QED) is 0.243. The Morgan fingerprint density at radius 2 is 0.833 bits per heavy atom. The Labute approximate surface area is 182 Å². The zero-order valence-electron chi connectivity index (χ0n) is 16.8. The van der Waals surface area contributed by atoms with Crippen LogP contribution in [0, 0.1) is 0 Å². The van der Waals surface area contributed by atoms with Crippen molar-refractivity contribution < 1.29 is 0 Å². The summed E-state index contributed by atoms with van der Waals surface area (Å²) in [6.07, 6.45) is 2.06. The molecule has 0 aliphatic rings. The molecule has 0 saturated carbocycles. The number of benzene rings is 4. The van der Waals surface area contributed by atoms with Gasteiger partial charge in [-0.3, -0.25) is 0 Å². The van der Waals surface area contributed by atoms with E-state index in [0.717, 1.165) is 0 Å². The minimum Gasteiger partial charge on any atom is -0.0984 e. The Morgan fingerprint density at radius 1 is 0.500 bits per heavy atom. The average Bonchev–Trinajstić information content (AvgIpc) is 2.84. The second-order valence-corrected chi connectivity index (χ2v) is 11.1. The maximum absolute atomic E-state index is 4.23. The van der Waals surface area contributed by atoms with Gasteiger partial charge in [0, 0.05) is 0 Å². The number of hydrogen-bond acceptors (Lipinski definition) is 0. The first-order chi connectivity index (χ1) is 14.9. The summed E-state index contributed by atoms with van der Waals surface area (Å²) in [4.78, 5) is 0. The summed E-state index contributed by atoms with van der Waals surface area (Å²) in [6.45, 7) is 4.23. The lowest BCUT2D eigenvalue weighted by molar-refractivity contribution is 1.74. The van der Waals surface area contributed by atoms with E-state index < -0.39 is 15.8 Å². The average molecular weight is 422 g/mol. The third kappa shape index (κ3) is 4.85. The Balaban J connectivity index is 1.86. The summed E-state index contributed by atoms with van der Waals surface area (Å²) in [5.41, 5.74) is 0. The summed E-state index contributed by atoms with van der Waals surface area (Å²) in [6, 6.07) is 43.3. The highest BCUT2D eigenvalue weighted by molar-refractivity contribution is 7.80. The predicted octanol–water partition coefficient (Wildman–Crippen LogP) is 6.28. The monoisotopic (exact) mass is 422 g/mol. The number of rotatable bonds is 7. The Kier molecular flexibility index (Phi) is 7.04. The minimum atomic E-state index is -0.668. The lowest BCUT2D eigenvalue weighted by Gasteiger charge is -2.23. The molecule has 0 aromatic heterocycles. The van der Waals surface area contributed by atoms with Crippen molar-refractivity contribution in [2.24, 2.45) is 0 Å². The largest absolute Gasteiger partial charge is 0.0984 e. The first-order valence-corrected chi connectivity index (χ1v) is 12.8. The van der Waals surface area contributed by atoms with Crippen LogP contribution in [0.4, 0.5) is 0 Å². The van der Waals surface area contributed by atoms with Crippen LogP contribution >= 0.6 is 15.8 Å². The first kappa shape index (κ1) is 20.5. The van der Waals surface area contributed by atoms with Crippen LogP contribution in [-0.4, -0.2) is 0 Å². The molecule has 0 heterocycles. The van der Waals surface area contributed by atoms with Gasteiger partial charge in [0.05, 0.1) is 0 Å². The van der Waals surface area contributed by atoms with Crippen molar-refractivity contribution in [2.45, 2.75) is 0 Å². The molecule has 2 heteroatoms. The van der Waals surface area contributed by atoms with E-state index in [1.807, 2.05) is 0 Å². The van der Waals surface area contributed by atoms with Crippen molar-refractivity contribution in [3.05, 3.63) is 145 Å². The van der Waals surface area contributed by atoms with Crippen LogP contribution < -0.4 is 21.2 Å². The van der Waals surface area contributed by atoms with Crippen molar-refractivity contribution in [2.75, 3.05) is 0 Å². The molecule has 4 rings (SSSR count). The van der Waals surface area contributed by atoms with Crippen LogP contribution in [0.5, 0.6) is 0 Å². The van der Waals surface area contributed by atoms with E-state index in [1.165, 1.54) is 26.5 Å². The molecule has 146 valence electrons. The second-order valence-electron chi connectivity index (χ2n) is 6.81. The minimum absolute atomic E-state index is 0.626. The Morgan fingerprint density at radius 3 is 1.17 bits per heavy atom. The molecule has 0 saturated heterocycles. The van der Waals surface area contributed by atoms with Gasteiger partial charge in [0.15, 0.2) is 0 Å². The molecule has 0 unspecified atom stereocenters. The molecule has 4 aromatic carbocycles. The predicted molar refractivity (Wildman–Crippen MR) is 136 cm³/mol. The molecule has 0 atom stereocenters. The molecule has 0 aliphatic heterocycles. The van der Waals surface area contributed by atoms with Crippen LogP contribution in [0.15, 0.2) is 145 Å². The highest BCUT2D eigenvalue weighted by Gasteiger charge is 2.19. The molecule has 4 aromatic rings. The van der Waals surface area contributed by atoms with E-state index in [9.17, 15) is 0 Å². The standard InChI is InChI=1S/C28H24P2/c1-2-24(30(27-19-11-5-12-20-27)28-21-13-6-14-22-28)23-29(25-15-7-3-8-16-25)26-17-9-4-10-18-26/h2-23H,1H2. The molecule has 0 fully saturated rings. The van der Waals surface area contributed by atoms with E-state index >= 15 is 0 Å². The van der Waals surface area contributed by atoms with E-state index in [1.54, 1.807) is 0 Å². The lowest BCUT2D eigenvalue weighted by atomic mass is 10.4. The topological polar surface area (TPSA) is 0 Å². The molecule has 30 heavy (non-hydrogen) atoms. The van der Waals surface area contributed by atoms with Gasteiger partial charge in [0.25, 0.3) is 0 Å². The maximum Gasteiger partial charge on any atom is -0.0134 e. The van der Waals surface area contributed by atoms with Gasteiger partial charge in [-0.05, 0) is 48.2 Å². The smallest absolute Gasteiger partial charge is 0.0134 e. The van der Waals surface area contributed by atoms with Crippen LogP contribution in [-0.2, 0) is 0 Å². The van der Waals surface area contributed by atoms with Gasteiger partial charge < -0.3 is 0 Å². The van der Waals surface area contributed by atoms with Crippen molar-refractivity contribution in [3.8, 4) is 0 Å². The summed E-state index contributed by atoms with van der Waals surface area (Å²) in [5.74, 6) is 2.47. The highest BCUT2D eigenvalue weighted by atomic mass is 31.1. The summed E-state index contributed by atoms with van der Waals surface area (Å²) < 4.78 is 0. The van der Waals surface area contributed by atoms with Gasteiger partial charge >= 0.3 is 0 Å². The van der Waals surface area contributed by atoms with Crippen molar-refractivity contribution in [1.29, 1.82) is 0 Å². The van der Waals surface area contributed by atoms with Gasteiger partial charge in [0.1, 0.15) is 0 Å². The van der Waals surface area contributed by atoms with Gasteiger partial charge in [0.2, 0.25) is 0 Å². The van der Waals surface area contributed by atoms with Crippen molar-refractivity contribution >= 4 is 37.1 Å². The molecular formula is C28H24P2.